The molecule has 8 heteroatoms. The number of carboxylic acid groups (broad SMARTS) is 1. The first-order valence-corrected chi connectivity index (χ1v) is 11.2. The number of ether oxygens (including phenoxy) is 1. The molecule has 2 aromatic rings. The van der Waals surface area contributed by atoms with Crippen LogP contribution in [-0.4, -0.2) is 54.2 Å². The van der Waals surface area contributed by atoms with Gasteiger partial charge >= 0.3 is 5.97 Å². The summed E-state index contributed by atoms with van der Waals surface area (Å²) in [4.78, 5) is 26.2. The second-order valence-corrected chi connectivity index (χ2v) is 9.62. The van der Waals surface area contributed by atoms with Crippen LogP contribution in [-0.2, 0) is 14.6 Å². The fraction of sp³-hybridized carbons (Fsp3) is 0.304. The third kappa shape index (κ3) is 4.28. The summed E-state index contributed by atoms with van der Waals surface area (Å²) in [6, 6.07) is 14.1. The second kappa shape index (κ2) is 8.82. The van der Waals surface area contributed by atoms with Gasteiger partial charge in [-0.25, -0.2) is 8.42 Å². The molecule has 0 aliphatic carbocycles. The van der Waals surface area contributed by atoms with Crippen LogP contribution in [0.3, 0.4) is 0 Å². The van der Waals surface area contributed by atoms with Crippen molar-refractivity contribution in [1.82, 2.24) is 4.90 Å². The van der Waals surface area contributed by atoms with Crippen molar-refractivity contribution in [3.8, 4) is 18.1 Å². The fourth-order valence-electron chi connectivity index (χ4n) is 3.59. The Labute approximate surface area is 181 Å². The molecule has 1 aliphatic rings. The number of carboxylic acids is 1. The topological polar surface area (TPSA) is 101 Å². The molecular weight excluding hydrogens is 418 g/mol. The third-order valence-corrected chi connectivity index (χ3v) is 7.97. The first-order valence-electron chi connectivity index (χ1n) is 9.76. The van der Waals surface area contributed by atoms with Crippen molar-refractivity contribution < 1.29 is 27.9 Å². The van der Waals surface area contributed by atoms with Gasteiger partial charge in [0.2, 0.25) is 0 Å². The first-order chi connectivity index (χ1) is 14.7. The number of likely N-dealkylation sites (tertiary alicyclic amines) is 1. The van der Waals surface area contributed by atoms with E-state index in [0.717, 1.165) is 0 Å². The summed E-state index contributed by atoms with van der Waals surface area (Å²) in [5.74, 6) is 1.13. The summed E-state index contributed by atoms with van der Waals surface area (Å²) in [7, 11) is -4.22. The van der Waals surface area contributed by atoms with E-state index in [1.54, 1.807) is 37.3 Å². The Hall–Kier alpha value is -3.31. The van der Waals surface area contributed by atoms with E-state index in [4.69, 9.17) is 11.2 Å². The zero-order valence-corrected chi connectivity index (χ0v) is 17.8. The summed E-state index contributed by atoms with van der Waals surface area (Å²) < 4.78 is 30.1. The fourth-order valence-corrected chi connectivity index (χ4v) is 5.49. The molecule has 1 fully saturated rings. The summed E-state index contributed by atoms with van der Waals surface area (Å²) in [6.45, 7) is 1.73. The number of terminal acetylenes is 1. The summed E-state index contributed by atoms with van der Waals surface area (Å²) >= 11 is 0. The minimum Gasteiger partial charge on any atom is -0.480 e. The number of aliphatic carboxylic acids is 1. The third-order valence-electron chi connectivity index (χ3n) is 5.46. The Morgan fingerprint density at radius 1 is 1.10 bits per heavy atom. The molecule has 162 valence electrons. The molecule has 1 unspecified atom stereocenters. The quantitative estimate of drug-likeness (QED) is 0.692. The van der Waals surface area contributed by atoms with Gasteiger partial charge in [-0.1, -0.05) is 24.1 Å². The van der Waals surface area contributed by atoms with Crippen molar-refractivity contribution in [3.63, 3.8) is 0 Å². The molecule has 0 aromatic heterocycles. The Morgan fingerprint density at radius 2 is 1.68 bits per heavy atom. The van der Waals surface area contributed by atoms with E-state index in [1.807, 2.05) is 0 Å². The molecular formula is C23H23NO6S. The van der Waals surface area contributed by atoms with Gasteiger partial charge in [0.25, 0.3) is 5.91 Å². The highest BCUT2D eigenvalue weighted by atomic mass is 32.2. The summed E-state index contributed by atoms with van der Waals surface area (Å²) in [6.07, 6.45) is 4.39. The van der Waals surface area contributed by atoms with Crippen LogP contribution in [0.15, 0.2) is 59.5 Å². The number of rotatable bonds is 6. The van der Waals surface area contributed by atoms with Gasteiger partial charge in [0.15, 0.2) is 20.7 Å². The minimum absolute atomic E-state index is 0.0279. The predicted molar refractivity (Wildman–Crippen MR) is 114 cm³/mol. The molecule has 1 N–H and O–H groups in total. The van der Waals surface area contributed by atoms with Crippen LogP contribution in [0.1, 0.15) is 30.1 Å². The first kappa shape index (κ1) is 22.4. The van der Waals surface area contributed by atoms with E-state index in [0.29, 0.717) is 11.3 Å². The molecule has 7 nitrogen and oxygen atoms in total. The highest BCUT2D eigenvalue weighted by Crippen LogP contribution is 2.37. The molecule has 1 saturated heterocycles. The van der Waals surface area contributed by atoms with Gasteiger partial charge in [0.05, 0.1) is 4.90 Å². The molecule has 0 bridgehead atoms. The molecule has 31 heavy (non-hydrogen) atoms. The van der Waals surface area contributed by atoms with Crippen LogP contribution in [0.4, 0.5) is 0 Å². The Morgan fingerprint density at radius 3 is 2.19 bits per heavy atom. The normalized spacial score (nSPS) is 16.7. The van der Waals surface area contributed by atoms with Crippen LogP contribution in [0.5, 0.6) is 5.75 Å². The number of amides is 1. The van der Waals surface area contributed by atoms with Crippen molar-refractivity contribution >= 4 is 21.7 Å². The largest absolute Gasteiger partial charge is 0.480 e. The molecule has 3 rings (SSSR count). The van der Waals surface area contributed by atoms with Gasteiger partial charge in [-0.3, -0.25) is 9.59 Å². The summed E-state index contributed by atoms with van der Waals surface area (Å²) in [5.41, 5.74) is 0.477. The van der Waals surface area contributed by atoms with Crippen LogP contribution < -0.4 is 4.74 Å². The standard InChI is InChI=1S/C23H23NO6S/c1-3-17(2)30-19-9-11-20(12-10-19)31(28,29)23(22(26)27)13-15-24(16-14-23)21(25)18-7-5-4-6-8-18/h1,4-12,17H,13-16H2,2H3,(H,26,27). The lowest BCUT2D eigenvalue weighted by Gasteiger charge is -2.38. The number of carbonyl (C=O) groups is 2. The maximum absolute atomic E-state index is 13.3. The molecule has 0 spiro atoms. The number of hydrogen-bond acceptors (Lipinski definition) is 5. The molecule has 1 heterocycles. The van der Waals surface area contributed by atoms with Crippen molar-refractivity contribution in [2.24, 2.45) is 0 Å². The van der Waals surface area contributed by atoms with Gasteiger partial charge in [0.1, 0.15) is 5.75 Å². The SMILES string of the molecule is C#CC(C)Oc1ccc(S(=O)(=O)C2(C(=O)O)CCN(C(=O)c3ccccc3)CC2)cc1. The number of nitrogens with zero attached hydrogens (tertiary/aromatic N) is 1. The smallest absolute Gasteiger partial charge is 0.325 e. The highest BCUT2D eigenvalue weighted by Gasteiger charge is 2.53. The van der Waals surface area contributed by atoms with E-state index in [2.05, 4.69) is 5.92 Å². The Balaban J connectivity index is 1.82. The number of piperidine rings is 1. The van der Waals surface area contributed by atoms with Crippen molar-refractivity contribution in [2.45, 2.75) is 35.5 Å². The Kier molecular flexibility index (Phi) is 6.37. The highest BCUT2D eigenvalue weighted by molar-refractivity contribution is 7.93. The van der Waals surface area contributed by atoms with Gasteiger partial charge in [-0.2, -0.15) is 0 Å². The Bertz CT molecular complexity index is 1100. The molecule has 0 saturated carbocycles. The van der Waals surface area contributed by atoms with Crippen LogP contribution >= 0.6 is 0 Å². The average Bonchev–Trinajstić information content (AvgIpc) is 2.79. The average molecular weight is 442 g/mol. The van der Waals surface area contributed by atoms with E-state index in [9.17, 15) is 23.1 Å². The van der Waals surface area contributed by atoms with Gasteiger partial charge in [-0.15, -0.1) is 6.42 Å². The van der Waals surface area contributed by atoms with E-state index >= 15 is 0 Å². The van der Waals surface area contributed by atoms with E-state index < -0.39 is 26.7 Å². The van der Waals surface area contributed by atoms with E-state index in [-0.39, 0.29) is 36.7 Å². The summed E-state index contributed by atoms with van der Waals surface area (Å²) in [5, 5.41) is 9.90. The van der Waals surface area contributed by atoms with Crippen LogP contribution in [0.25, 0.3) is 0 Å². The van der Waals surface area contributed by atoms with Crippen molar-refractivity contribution in [2.75, 3.05) is 13.1 Å². The van der Waals surface area contributed by atoms with Gasteiger partial charge in [0, 0.05) is 18.7 Å². The molecule has 0 radical (unpaired) electrons. The molecule has 1 aliphatic heterocycles. The van der Waals surface area contributed by atoms with Crippen LogP contribution in [0, 0.1) is 12.3 Å². The number of hydrogen-bond donors (Lipinski definition) is 1. The zero-order chi connectivity index (χ0) is 22.6. The molecule has 1 amide bonds. The number of carbonyl (C=O) groups excluding carboxylic acids is 1. The van der Waals surface area contributed by atoms with Crippen molar-refractivity contribution in [3.05, 3.63) is 60.2 Å². The molecule has 2 aromatic carbocycles. The number of sulfone groups is 1. The van der Waals surface area contributed by atoms with Crippen LogP contribution in [0.2, 0.25) is 0 Å². The lowest BCUT2D eigenvalue weighted by atomic mass is 9.95. The predicted octanol–water partition coefficient (Wildman–Crippen LogP) is 2.62. The van der Waals surface area contributed by atoms with Gasteiger partial charge in [-0.05, 0) is 56.2 Å². The lowest BCUT2D eigenvalue weighted by Crippen LogP contribution is -2.55. The zero-order valence-electron chi connectivity index (χ0n) is 17.0. The second-order valence-electron chi connectivity index (χ2n) is 7.36. The lowest BCUT2D eigenvalue weighted by molar-refractivity contribution is -0.141. The van der Waals surface area contributed by atoms with Crippen molar-refractivity contribution in [1.29, 1.82) is 0 Å². The maximum Gasteiger partial charge on any atom is 0.325 e. The monoisotopic (exact) mass is 441 g/mol. The number of benzene rings is 2. The van der Waals surface area contributed by atoms with Gasteiger partial charge < -0.3 is 14.7 Å². The minimum atomic E-state index is -4.22. The van der Waals surface area contributed by atoms with E-state index in [1.165, 1.54) is 29.2 Å². The molecule has 1 atom stereocenters. The maximum atomic E-state index is 13.3.